The van der Waals surface area contributed by atoms with Crippen molar-refractivity contribution in [1.82, 2.24) is 5.32 Å². The fourth-order valence-electron chi connectivity index (χ4n) is 1.48. The fraction of sp³-hybridized carbons (Fsp3) is 0.778. The third kappa shape index (κ3) is 3.42. The predicted octanol–water partition coefficient (Wildman–Crippen LogP) is 1.73. The summed E-state index contributed by atoms with van der Waals surface area (Å²) >= 11 is 0. The van der Waals surface area contributed by atoms with Gasteiger partial charge in [0, 0.05) is 5.70 Å². The third-order valence-electron chi connectivity index (χ3n) is 2.12. The minimum absolute atomic E-state index is 0.575. The molecule has 0 bridgehead atoms. The highest BCUT2D eigenvalue weighted by Crippen LogP contribution is 2.14. The molecule has 0 saturated heterocycles. The Balaban J connectivity index is 2.32. The highest BCUT2D eigenvalue weighted by atomic mass is 15.0. The summed E-state index contributed by atoms with van der Waals surface area (Å²) in [5.74, 6) is 0. The molecule has 0 amide bonds. The van der Waals surface area contributed by atoms with Gasteiger partial charge in [-0.05, 0) is 25.7 Å². The van der Waals surface area contributed by atoms with Gasteiger partial charge in [0.15, 0.2) is 0 Å². The molecule has 0 aliphatic heterocycles. The van der Waals surface area contributed by atoms with Gasteiger partial charge >= 0.3 is 0 Å². The van der Waals surface area contributed by atoms with E-state index >= 15 is 0 Å². The van der Waals surface area contributed by atoms with Crippen LogP contribution in [0.4, 0.5) is 0 Å². The number of hydrogen-bond acceptors (Lipinski definition) is 2. The van der Waals surface area contributed by atoms with Crippen LogP contribution < -0.4 is 11.1 Å². The molecule has 0 aromatic rings. The van der Waals surface area contributed by atoms with E-state index in [0.29, 0.717) is 6.67 Å². The second-order valence-electron chi connectivity index (χ2n) is 3.06. The van der Waals surface area contributed by atoms with Crippen LogP contribution in [0, 0.1) is 0 Å². The van der Waals surface area contributed by atoms with Gasteiger partial charge in [-0.25, -0.2) is 0 Å². The Labute approximate surface area is 68.9 Å². The summed E-state index contributed by atoms with van der Waals surface area (Å²) in [6, 6.07) is 0. The molecule has 0 unspecified atom stereocenters. The zero-order valence-electron chi connectivity index (χ0n) is 7.10. The minimum atomic E-state index is 0.575. The largest absolute Gasteiger partial charge is 0.376 e. The molecule has 2 nitrogen and oxygen atoms in total. The van der Waals surface area contributed by atoms with Crippen LogP contribution in [0.3, 0.4) is 0 Å². The van der Waals surface area contributed by atoms with E-state index in [-0.39, 0.29) is 0 Å². The standard InChI is InChI=1S/C9H18N2/c10-8-11-9-6-4-2-1-3-5-7-9/h6,11H,1-5,7-8,10H2. The Bertz CT molecular complexity index is 130. The number of rotatable bonds is 2. The number of hydrogen-bond donors (Lipinski definition) is 2. The van der Waals surface area contributed by atoms with E-state index < -0.39 is 0 Å². The molecule has 0 fully saturated rings. The summed E-state index contributed by atoms with van der Waals surface area (Å²) in [5, 5.41) is 3.19. The van der Waals surface area contributed by atoms with Gasteiger partial charge in [0.2, 0.25) is 0 Å². The Morgan fingerprint density at radius 2 is 2.09 bits per heavy atom. The van der Waals surface area contributed by atoms with Crippen molar-refractivity contribution in [2.24, 2.45) is 5.73 Å². The van der Waals surface area contributed by atoms with Gasteiger partial charge in [0.05, 0.1) is 6.67 Å². The lowest BCUT2D eigenvalue weighted by Gasteiger charge is -2.11. The minimum Gasteiger partial charge on any atom is -0.376 e. The van der Waals surface area contributed by atoms with E-state index in [1.165, 1.54) is 44.2 Å². The molecular formula is C9H18N2. The summed E-state index contributed by atoms with van der Waals surface area (Å²) in [4.78, 5) is 0. The quantitative estimate of drug-likeness (QED) is 0.594. The summed E-state index contributed by atoms with van der Waals surface area (Å²) < 4.78 is 0. The number of nitrogens with two attached hydrogens (primary N) is 1. The molecule has 0 saturated carbocycles. The highest BCUT2D eigenvalue weighted by molar-refractivity contribution is 4.99. The lowest BCUT2D eigenvalue weighted by atomic mass is 10.0. The summed E-state index contributed by atoms with van der Waals surface area (Å²) in [5.41, 5.74) is 6.75. The molecule has 0 radical (unpaired) electrons. The average molecular weight is 154 g/mol. The Hall–Kier alpha value is -0.500. The zero-order chi connectivity index (χ0) is 7.94. The first-order valence-corrected chi connectivity index (χ1v) is 4.56. The highest BCUT2D eigenvalue weighted by Gasteiger charge is 1.99. The normalized spacial score (nSPS) is 19.9. The fourth-order valence-corrected chi connectivity index (χ4v) is 1.48. The lowest BCUT2D eigenvalue weighted by Crippen LogP contribution is -2.21. The molecule has 0 aromatic carbocycles. The van der Waals surface area contributed by atoms with Crippen molar-refractivity contribution in [2.75, 3.05) is 6.67 Å². The van der Waals surface area contributed by atoms with Crippen LogP contribution in [-0.4, -0.2) is 6.67 Å². The van der Waals surface area contributed by atoms with Gasteiger partial charge < -0.3 is 11.1 Å². The maximum atomic E-state index is 5.40. The Kier molecular flexibility index (Phi) is 4.06. The van der Waals surface area contributed by atoms with E-state index in [1.807, 2.05) is 0 Å². The average Bonchev–Trinajstić information content (AvgIpc) is 1.94. The first-order chi connectivity index (χ1) is 5.43. The maximum absolute atomic E-state index is 5.40. The van der Waals surface area contributed by atoms with Gasteiger partial charge in [0.1, 0.15) is 0 Å². The van der Waals surface area contributed by atoms with E-state index in [2.05, 4.69) is 11.4 Å². The SMILES string of the molecule is NCNC1=CCCCCCC1. The van der Waals surface area contributed by atoms with Crippen molar-refractivity contribution in [3.8, 4) is 0 Å². The van der Waals surface area contributed by atoms with Crippen LogP contribution >= 0.6 is 0 Å². The van der Waals surface area contributed by atoms with Crippen LogP contribution in [0.25, 0.3) is 0 Å². The van der Waals surface area contributed by atoms with Crippen molar-refractivity contribution >= 4 is 0 Å². The van der Waals surface area contributed by atoms with E-state index in [0.717, 1.165) is 0 Å². The Morgan fingerprint density at radius 3 is 2.91 bits per heavy atom. The molecule has 3 N–H and O–H groups in total. The van der Waals surface area contributed by atoms with Crippen LogP contribution in [0.5, 0.6) is 0 Å². The first kappa shape index (κ1) is 8.60. The van der Waals surface area contributed by atoms with Crippen molar-refractivity contribution in [3.05, 3.63) is 11.8 Å². The smallest absolute Gasteiger partial charge is 0.0624 e. The molecule has 64 valence electrons. The molecule has 1 aliphatic rings. The monoisotopic (exact) mass is 154 g/mol. The third-order valence-corrected chi connectivity index (χ3v) is 2.12. The predicted molar refractivity (Wildman–Crippen MR) is 48.0 cm³/mol. The summed E-state index contributed by atoms with van der Waals surface area (Å²) in [6.45, 7) is 0.575. The van der Waals surface area contributed by atoms with Crippen molar-refractivity contribution in [1.29, 1.82) is 0 Å². The second kappa shape index (κ2) is 5.19. The summed E-state index contributed by atoms with van der Waals surface area (Å²) in [6.07, 6.45) is 10.1. The number of nitrogens with one attached hydrogen (secondary N) is 1. The van der Waals surface area contributed by atoms with Crippen LogP contribution in [0.2, 0.25) is 0 Å². The van der Waals surface area contributed by atoms with Crippen molar-refractivity contribution < 1.29 is 0 Å². The second-order valence-corrected chi connectivity index (χ2v) is 3.06. The summed E-state index contributed by atoms with van der Waals surface area (Å²) in [7, 11) is 0. The molecule has 0 heterocycles. The molecule has 2 heteroatoms. The molecule has 0 aromatic heterocycles. The van der Waals surface area contributed by atoms with Gasteiger partial charge in [0.25, 0.3) is 0 Å². The zero-order valence-corrected chi connectivity index (χ0v) is 7.10. The molecule has 0 spiro atoms. The van der Waals surface area contributed by atoms with E-state index in [9.17, 15) is 0 Å². The maximum Gasteiger partial charge on any atom is 0.0624 e. The van der Waals surface area contributed by atoms with Crippen LogP contribution in [0.15, 0.2) is 11.8 Å². The van der Waals surface area contributed by atoms with Gasteiger partial charge in [-0.1, -0.05) is 18.9 Å². The van der Waals surface area contributed by atoms with Crippen molar-refractivity contribution in [3.63, 3.8) is 0 Å². The van der Waals surface area contributed by atoms with Crippen molar-refractivity contribution in [2.45, 2.75) is 38.5 Å². The Morgan fingerprint density at radius 1 is 1.27 bits per heavy atom. The number of allylic oxidation sites excluding steroid dienone is 2. The van der Waals surface area contributed by atoms with Gasteiger partial charge in [-0.3, -0.25) is 0 Å². The first-order valence-electron chi connectivity index (χ1n) is 4.56. The molecule has 0 atom stereocenters. The molecule has 11 heavy (non-hydrogen) atoms. The van der Waals surface area contributed by atoms with E-state index in [1.54, 1.807) is 0 Å². The van der Waals surface area contributed by atoms with E-state index in [4.69, 9.17) is 5.73 Å². The van der Waals surface area contributed by atoms with Crippen LogP contribution in [-0.2, 0) is 0 Å². The molecular weight excluding hydrogens is 136 g/mol. The van der Waals surface area contributed by atoms with Gasteiger partial charge in [-0.15, -0.1) is 0 Å². The van der Waals surface area contributed by atoms with Crippen LogP contribution in [0.1, 0.15) is 38.5 Å². The van der Waals surface area contributed by atoms with Gasteiger partial charge in [-0.2, -0.15) is 0 Å². The molecule has 1 rings (SSSR count). The lowest BCUT2D eigenvalue weighted by molar-refractivity contribution is 0.600. The topological polar surface area (TPSA) is 38.0 Å². The molecule has 1 aliphatic carbocycles.